The predicted molar refractivity (Wildman–Crippen MR) is 93.6 cm³/mol. The maximum absolute atomic E-state index is 12.9. The molecular weight excluding hydrogens is 318 g/mol. The largest absolute Gasteiger partial charge is 0.348 e. The van der Waals surface area contributed by atoms with Crippen molar-refractivity contribution in [2.75, 3.05) is 6.54 Å². The van der Waals surface area contributed by atoms with E-state index in [-0.39, 0.29) is 30.3 Å². The molecule has 3 rings (SSSR count). The van der Waals surface area contributed by atoms with Gasteiger partial charge < -0.3 is 10.6 Å². The molecule has 0 radical (unpaired) electrons. The molecule has 4 amide bonds. The Labute approximate surface area is 148 Å². The van der Waals surface area contributed by atoms with Crippen LogP contribution in [-0.2, 0) is 9.59 Å². The fourth-order valence-electron chi connectivity index (χ4n) is 3.89. The molecule has 0 aromatic heterocycles. The summed E-state index contributed by atoms with van der Waals surface area (Å²) in [5.41, 5.74) is 0.158. The molecule has 1 aliphatic heterocycles. The van der Waals surface area contributed by atoms with E-state index in [1.54, 1.807) is 0 Å². The van der Waals surface area contributed by atoms with Crippen molar-refractivity contribution < 1.29 is 14.4 Å². The lowest BCUT2D eigenvalue weighted by molar-refractivity contribution is -0.137. The topological polar surface area (TPSA) is 78.5 Å². The van der Waals surface area contributed by atoms with Crippen LogP contribution in [0.2, 0.25) is 0 Å². The van der Waals surface area contributed by atoms with E-state index in [0.29, 0.717) is 6.42 Å². The number of nitrogens with one attached hydrogen (secondary N) is 2. The number of hydrogen-bond donors (Lipinski definition) is 2. The lowest BCUT2D eigenvalue weighted by atomic mass is 9.73. The summed E-state index contributed by atoms with van der Waals surface area (Å²) in [5.74, 6) is -0.499. The van der Waals surface area contributed by atoms with Crippen LogP contribution >= 0.6 is 0 Å². The van der Waals surface area contributed by atoms with E-state index in [4.69, 9.17) is 0 Å². The van der Waals surface area contributed by atoms with Crippen LogP contribution in [0.3, 0.4) is 0 Å². The molecule has 2 N–H and O–H groups in total. The molecule has 134 valence electrons. The number of carbonyl (C=O) groups is 3. The van der Waals surface area contributed by atoms with E-state index in [9.17, 15) is 14.4 Å². The van der Waals surface area contributed by atoms with Crippen LogP contribution in [0.5, 0.6) is 0 Å². The first-order chi connectivity index (χ1) is 11.9. The zero-order valence-electron chi connectivity index (χ0n) is 14.7. The molecule has 1 spiro atoms. The van der Waals surface area contributed by atoms with Gasteiger partial charge in [0.15, 0.2) is 0 Å². The molecule has 2 aliphatic rings. The first-order valence-electron chi connectivity index (χ1n) is 8.92. The van der Waals surface area contributed by atoms with Crippen molar-refractivity contribution in [1.82, 2.24) is 15.5 Å². The highest BCUT2D eigenvalue weighted by Crippen LogP contribution is 2.38. The first-order valence-corrected chi connectivity index (χ1v) is 8.92. The minimum absolute atomic E-state index is 0.0917. The molecule has 3 atom stereocenters. The second kappa shape index (κ2) is 6.86. The molecular formula is C19H25N3O3. The number of benzene rings is 1. The third-order valence-electron chi connectivity index (χ3n) is 5.48. The van der Waals surface area contributed by atoms with Crippen LogP contribution in [-0.4, -0.2) is 34.8 Å². The van der Waals surface area contributed by atoms with Crippen LogP contribution < -0.4 is 10.6 Å². The standard InChI is InChI=1S/C19H25N3O3/c1-13-8-6-7-11-19(13)17(24)22(18(25)21-19)12-16(23)20-14(2)15-9-4-3-5-10-15/h3-5,9-10,13-14H,6-8,11-12H2,1-2H3,(H,20,23)(H,21,25)/t13-,14+,19+/m1/s1. The molecule has 1 saturated heterocycles. The number of carbonyl (C=O) groups excluding carboxylic acids is 3. The molecule has 0 bridgehead atoms. The van der Waals surface area contributed by atoms with Crippen LogP contribution in [0.4, 0.5) is 4.79 Å². The number of nitrogens with zero attached hydrogens (tertiary/aromatic N) is 1. The Morgan fingerprint density at radius 1 is 1.32 bits per heavy atom. The Bertz CT molecular complexity index is 676. The lowest BCUT2D eigenvalue weighted by Gasteiger charge is -2.36. The van der Waals surface area contributed by atoms with Gasteiger partial charge in [-0.2, -0.15) is 0 Å². The van der Waals surface area contributed by atoms with Gasteiger partial charge in [0.2, 0.25) is 5.91 Å². The summed E-state index contributed by atoms with van der Waals surface area (Å²) in [6, 6.07) is 8.94. The third-order valence-corrected chi connectivity index (χ3v) is 5.48. The molecule has 25 heavy (non-hydrogen) atoms. The van der Waals surface area contributed by atoms with Crippen molar-refractivity contribution >= 4 is 17.8 Å². The number of hydrogen-bond acceptors (Lipinski definition) is 3. The van der Waals surface area contributed by atoms with Gasteiger partial charge in [-0.25, -0.2) is 4.79 Å². The van der Waals surface area contributed by atoms with Crippen LogP contribution in [0.1, 0.15) is 51.1 Å². The average molecular weight is 343 g/mol. The van der Waals surface area contributed by atoms with Gasteiger partial charge in [-0.1, -0.05) is 50.1 Å². The maximum atomic E-state index is 12.9. The minimum atomic E-state index is -0.819. The third kappa shape index (κ3) is 3.25. The molecule has 1 saturated carbocycles. The first kappa shape index (κ1) is 17.5. The van der Waals surface area contributed by atoms with Gasteiger partial charge in [-0.15, -0.1) is 0 Å². The molecule has 1 aromatic rings. The summed E-state index contributed by atoms with van der Waals surface area (Å²) < 4.78 is 0. The van der Waals surface area contributed by atoms with Crippen molar-refractivity contribution in [3.8, 4) is 0 Å². The molecule has 2 fully saturated rings. The van der Waals surface area contributed by atoms with Crippen molar-refractivity contribution in [3.05, 3.63) is 35.9 Å². The van der Waals surface area contributed by atoms with Crippen molar-refractivity contribution in [2.45, 2.75) is 51.1 Å². The predicted octanol–water partition coefficient (Wildman–Crippen LogP) is 2.36. The summed E-state index contributed by atoms with van der Waals surface area (Å²) in [5, 5.41) is 5.72. The van der Waals surface area contributed by atoms with E-state index in [1.807, 2.05) is 44.2 Å². The average Bonchev–Trinajstić information content (AvgIpc) is 2.83. The van der Waals surface area contributed by atoms with Gasteiger partial charge in [0.25, 0.3) is 5.91 Å². The summed E-state index contributed by atoms with van der Waals surface area (Å²) in [6.07, 6.45) is 3.55. The summed E-state index contributed by atoms with van der Waals surface area (Å²) >= 11 is 0. The summed E-state index contributed by atoms with van der Waals surface area (Å²) in [7, 11) is 0. The van der Waals surface area contributed by atoms with Gasteiger partial charge in [0.05, 0.1) is 6.04 Å². The molecule has 1 heterocycles. The Balaban J connectivity index is 1.65. The van der Waals surface area contributed by atoms with Crippen molar-refractivity contribution in [2.24, 2.45) is 5.92 Å². The Hall–Kier alpha value is -2.37. The second-order valence-corrected chi connectivity index (χ2v) is 7.14. The normalized spacial score (nSPS) is 27.3. The Morgan fingerprint density at radius 3 is 2.72 bits per heavy atom. The number of urea groups is 1. The van der Waals surface area contributed by atoms with Gasteiger partial charge in [-0.3, -0.25) is 14.5 Å². The van der Waals surface area contributed by atoms with E-state index in [1.165, 1.54) is 0 Å². The zero-order valence-corrected chi connectivity index (χ0v) is 14.7. The summed E-state index contributed by atoms with van der Waals surface area (Å²) in [6.45, 7) is 3.64. The molecule has 0 unspecified atom stereocenters. The summed E-state index contributed by atoms with van der Waals surface area (Å²) in [4.78, 5) is 38.6. The van der Waals surface area contributed by atoms with Gasteiger partial charge >= 0.3 is 6.03 Å². The van der Waals surface area contributed by atoms with Crippen molar-refractivity contribution in [1.29, 1.82) is 0 Å². The number of amides is 4. The highest BCUT2D eigenvalue weighted by atomic mass is 16.2. The van der Waals surface area contributed by atoms with Gasteiger partial charge in [0.1, 0.15) is 12.1 Å². The van der Waals surface area contributed by atoms with Crippen LogP contribution in [0.15, 0.2) is 30.3 Å². The minimum Gasteiger partial charge on any atom is -0.348 e. The highest BCUT2D eigenvalue weighted by molar-refractivity contribution is 6.09. The number of rotatable bonds is 4. The molecule has 6 nitrogen and oxygen atoms in total. The van der Waals surface area contributed by atoms with Crippen LogP contribution in [0.25, 0.3) is 0 Å². The monoisotopic (exact) mass is 343 g/mol. The smallest absolute Gasteiger partial charge is 0.325 e. The highest BCUT2D eigenvalue weighted by Gasteiger charge is 2.55. The SMILES string of the molecule is C[C@H](NC(=O)CN1C(=O)N[C@]2(CCCC[C@H]2C)C1=O)c1ccccc1. The van der Waals surface area contributed by atoms with E-state index >= 15 is 0 Å². The van der Waals surface area contributed by atoms with Crippen LogP contribution in [0, 0.1) is 5.92 Å². The zero-order chi connectivity index (χ0) is 18.0. The fourth-order valence-corrected chi connectivity index (χ4v) is 3.89. The number of imide groups is 1. The van der Waals surface area contributed by atoms with E-state index in [2.05, 4.69) is 10.6 Å². The molecule has 6 heteroatoms. The van der Waals surface area contributed by atoms with Gasteiger partial charge in [-0.05, 0) is 31.2 Å². The van der Waals surface area contributed by atoms with E-state index < -0.39 is 11.6 Å². The Kier molecular flexibility index (Phi) is 4.79. The van der Waals surface area contributed by atoms with Crippen molar-refractivity contribution in [3.63, 3.8) is 0 Å². The Morgan fingerprint density at radius 2 is 2.04 bits per heavy atom. The molecule has 1 aliphatic carbocycles. The molecule has 1 aromatic carbocycles. The maximum Gasteiger partial charge on any atom is 0.325 e. The lowest BCUT2D eigenvalue weighted by Crippen LogP contribution is -2.54. The quantitative estimate of drug-likeness (QED) is 0.824. The fraction of sp³-hybridized carbons (Fsp3) is 0.526. The van der Waals surface area contributed by atoms with Gasteiger partial charge in [0, 0.05) is 0 Å². The second-order valence-electron chi connectivity index (χ2n) is 7.14. The van der Waals surface area contributed by atoms with E-state index in [0.717, 1.165) is 29.7 Å².